The molecule has 5 nitrogen and oxygen atoms in total. The second-order valence-corrected chi connectivity index (χ2v) is 4.83. The van der Waals surface area contributed by atoms with E-state index in [1.807, 2.05) is 24.1 Å². The van der Waals surface area contributed by atoms with Crippen molar-refractivity contribution < 1.29 is 9.59 Å². The standard InChI is InChI=1S/C14H21N3O2/c1-10(2)11-5-4-6-12(9-11)17(3)8-7-13(18)16-14(15)19/h4-6,9-10H,7-8H2,1-3H3,(H3,15,16,18,19). The molecule has 0 saturated heterocycles. The van der Waals surface area contributed by atoms with Gasteiger partial charge in [-0.25, -0.2) is 4.79 Å². The smallest absolute Gasteiger partial charge is 0.318 e. The third-order valence-corrected chi connectivity index (χ3v) is 2.91. The lowest BCUT2D eigenvalue weighted by molar-refractivity contribution is -0.119. The van der Waals surface area contributed by atoms with Crippen molar-refractivity contribution in [1.29, 1.82) is 0 Å². The van der Waals surface area contributed by atoms with Gasteiger partial charge >= 0.3 is 6.03 Å². The minimum atomic E-state index is -0.811. The van der Waals surface area contributed by atoms with Gasteiger partial charge in [-0.2, -0.15) is 0 Å². The molecule has 5 heteroatoms. The number of imide groups is 1. The van der Waals surface area contributed by atoms with Gasteiger partial charge in [0.25, 0.3) is 0 Å². The first kappa shape index (κ1) is 15.0. The summed E-state index contributed by atoms with van der Waals surface area (Å²) in [6.07, 6.45) is 0.228. The van der Waals surface area contributed by atoms with Crippen molar-refractivity contribution in [3.05, 3.63) is 29.8 Å². The summed E-state index contributed by atoms with van der Waals surface area (Å²) in [6.45, 7) is 4.81. The molecule has 3 N–H and O–H groups in total. The topological polar surface area (TPSA) is 75.4 Å². The van der Waals surface area contributed by atoms with Gasteiger partial charge in [0.1, 0.15) is 0 Å². The average Bonchev–Trinajstić information content (AvgIpc) is 2.35. The summed E-state index contributed by atoms with van der Waals surface area (Å²) in [4.78, 5) is 23.8. The molecule has 1 aromatic carbocycles. The molecule has 0 aliphatic rings. The van der Waals surface area contributed by atoms with E-state index >= 15 is 0 Å². The maximum absolute atomic E-state index is 11.3. The number of nitrogens with one attached hydrogen (secondary N) is 1. The van der Waals surface area contributed by atoms with Crippen molar-refractivity contribution in [2.45, 2.75) is 26.2 Å². The Hall–Kier alpha value is -2.04. The van der Waals surface area contributed by atoms with Crippen molar-refractivity contribution in [2.24, 2.45) is 5.73 Å². The van der Waals surface area contributed by atoms with Gasteiger partial charge in [-0.3, -0.25) is 10.1 Å². The van der Waals surface area contributed by atoms with E-state index in [1.165, 1.54) is 5.56 Å². The van der Waals surface area contributed by atoms with Gasteiger partial charge in [0, 0.05) is 25.7 Å². The Morgan fingerprint density at radius 2 is 2.05 bits per heavy atom. The number of hydrogen-bond donors (Lipinski definition) is 2. The summed E-state index contributed by atoms with van der Waals surface area (Å²) in [5.74, 6) is 0.103. The Kier molecular flexibility index (Phi) is 5.36. The quantitative estimate of drug-likeness (QED) is 0.851. The summed E-state index contributed by atoms with van der Waals surface area (Å²) in [5, 5.41) is 2.05. The molecule has 0 aromatic heterocycles. The summed E-state index contributed by atoms with van der Waals surface area (Å²) >= 11 is 0. The molecule has 0 saturated carbocycles. The second-order valence-electron chi connectivity index (χ2n) is 4.83. The summed E-state index contributed by atoms with van der Waals surface area (Å²) in [6, 6.07) is 7.38. The molecule has 0 bridgehead atoms. The highest BCUT2D eigenvalue weighted by Crippen LogP contribution is 2.20. The molecule has 19 heavy (non-hydrogen) atoms. The number of carbonyl (C=O) groups is 2. The molecule has 3 amide bonds. The van der Waals surface area contributed by atoms with E-state index in [4.69, 9.17) is 5.73 Å². The van der Waals surface area contributed by atoms with Gasteiger partial charge in [-0.05, 0) is 23.6 Å². The molecule has 0 aliphatic heterocycles. The zero-order valence-electron chi connectivity index (χ0n) is 11.6. The number of nitrogens with two attached hydrogens (primary N) is 1. The number of rotatable bonds is 5. The SMILES string of the molecule is CC(C)c1cccc(N(C)CCC(=O)NC(N)=O)c1. The maximum atomic E-state index is 11.3. The van der Waals surface area contributed by atoms with Crippen molar-refractivity contribution in [2.75, 3.05) is 18.5 Å². The van der Waals surface area contributed by atoms with E-state index < -0.39 is 6.03 Å². The Labute approximate surface area is 113 Å². The van der Waals surface area contributed by atoms with Crippen LogP contribution in [-0.4, -0.2) is 25.5 Å². The van der Waals surface area contributed by atoms with Gasteiger partial charge < -0.3 is 10.6 Å². The molecule has 0 unspecified atom stereocenters. The minimum absolute atomic E-state index is 0.228. The number of amides is 3. The van der Waals surface area contributed by atoms with Crippen molar-refractivity contribution in [3.8, 4) is 0 Å². The fourth-order valence-corrected chi connectivity index (χ4v) is 1.72. The van der Waals surface area contributed by atoms with Crippen LogP contribution in [0.25, 0.3) is 0 Å². The molecule has 0 fully saturated rings. The molecule has 104 valence electrons. The summed E-state index contributed by atoms with van der Waals surface area (Å²) < 4.78 is 0. The fourth-order valence-electron chi connectivity index (χ4n) is 1.72. The summed E-state index contributed by atoms with van der Waals surface area (Å²) in [5.41, 5.74) is 7.19. The lowest BCUT2D eigenvalue weighted by atomic mass is 10.0. The lowest BCUT2D eigenvalue weighted by Gasteiger charge is -2.20. The van der Waals surface area contributed by atoms with Crippen LogP contribution in [0.15, 0.2) is 24.3 Å². The van der Waals surface area contributed by atoms with Crippen LogP contribution in [-0.2, 0) is 4.79 Å². The van der Waals surface area contributed by atoms with Crippen molar-refractivity contribution in [3.63, 3.8) is 0 Å². The number of anilines is 1. The van der Waals surface area contributed by atoms with Crippen LogP contribution in [0.5, 0.6) is 0 Å². The first-order valence-corrected chi connectivity index (χ1v) is 6.30. The highest BCUT2D eigenvalue weighted by Gasteiger charge is 2.08. The summed E-state index contributed by atoms with van der Waals surface area (Å²) in [7, 11) is 1.91. The molecule has 1 rings (SSSR count). The number of benzene rings is 1. The van der Waals surface area contributed by atoms with E-state index in [0.29, 0.717) is 12.5 Å². The number of urea groups is 1. The predicted molar refractivity (Wildman–Crippen MR) is 76.1 cm³/mol. The van der Waals surface area contributed by atoms with Crippen molar-refractivity contribution >= 4 is 17.6 Å². The molecular formula is C14H21N3O2. The minimum Gasteiger partial charge on any atom is -0.374 e. The van der Waals surface area contributed by atoms with Gasteiger partial charge in [-0.15, -0.1) is 0 Å². The van der Waals surface area contributed by atoms with Crippen LogP contribution in [0.1, 0.15) is 31.7 Å². The normalized spacial score (nSPS) is 10.3. The van der Waals surface area contributed by atoms with Gasteiger partial charge in [0.15, 0.2) is 0 Å². The highest BCUT2D eigenvalue weighted by atomic mass is 16.2. The van der Waals surface area contributed by atoms with E-state index in [1.54, 1.807) is 0 Å². The van der Waals surface area contributed by atoms with E-state index in [2.05, 4.69) is 31.3 Å². The van der Waals surface area contributed by atoms with Crippen LogP contribution < -0.4 is 16.0 Å². The maximum Gasteiger partial charge on any atom is 0.318 e. The number of primary amides is 1. The lowest BCUT2D eigenvalue weighted by Crippen LogP contribution is -2.36. The van der Waals surface area contributed by atoms with Gasteiger partial charge in [0.2, 0.25) is 5.91 Å². The van der Waals surface area contributed by atoms with Gasteiger partial charge in [-0.1, -0.05) is 26.0 Å². The van der Waals surface area contributed by atoms with E-state index in [9.17, 15) is 9.59 Å². The zero-order valence-corrected chi connectivity index (χ0v) is 11.6. The molecule has 1 aromatic rings. The largest absolute Gasteiger partial charge is 0.374 e. The molecule has 0 heterocycles. The second kappa shape index (κ2) is 6.78. The third-order valence-electron chi connectivity index (χ3n) is 2.91. The fraction of sp³-hybridized carbons (Fsp3) is 0.429. The Bertz CT molecular complexity index is 458. The monoisotopic (exact) mass is 263 g/mol. The Balaban J connectivity index is 2.58. The highest BCUT2D eigenvalue weighted by molar-refractivity contribution is 5.93. The third kappa shape index (κ3) is 4.99. The Morgan fingerprint density at radius 3 is 2.63 bits per heavy atom. The van der Waals surface area contributed by atoms with Gasteiger partial charge in [0.05, 0.1) is 0 Å². The number of nitrogens with zero attached hydrogens (tertiary/aromatic N) is 1. The van der Waals surface area contributed by atoms with Crippen LogP contribution in [0.2, 0.25) is 0 Å². The Morgan fingerprint density at radius 1 is 1.37 bits per heavy atom. The predicted octanol–water partition coefficient (Wildman–Crippen LogP) is 1.83. The first-order chi connectivity index (χ1) is 8.90. The average molecular weight is 263 g/mol. The molecule has 0 radical (unpaired) electrons. The van der Waals surface area contributed by atoms with Crippen molar-refractivity contribution in [1.82, 2.24) is 5.32 Å². The van der Waals surface area contributed by atoms with Crippen LogP contribution in [0.3, 0.4) is 0 Å². The molecular weight excluding hydrogens is 242 g/mol. The van der Waals surface area contributed by atoms with E-state index in [0.717, 1.165) is 5.69 Å². The van der Waals surface area contributed by atoms with Crippen LogP contribution in [0.4, 0.5) is 10.5 Å². The first-order valence-electron chi connectivity index (χ1n) is 6.30. The molecule has 0 atom stereocenters. The number of carbonyl (C=O) groups excluding carboxylic acids is 2. The van der Waals surface area contributed by atoms with Crippen LogP contribution in [0, 0.1) is 0 Å². The zero-order chi connectivity index (χ0) is 14.4. The van der Waals surface area contributed by atoms with E-state index in [-0.39, 0.29) is 12.3 Å². The molecule has 0 spiro atoms. The number of hydrogen-bond acceptors (Lipinski definition) is 3. The molecule has 0 aliphatic carbocycles. The van der Waals surface area contributed by atoms with Crippen LogP contribution >= 0.6 is 0 Å².